The molecule has 2 N–H and O–H groups in total. The van der Waals surface area contributed by atoms with E-state index in [-0.39, 0.29) is 5.91 Å². The third-order valence-electron chi connectivity index (χ3n) is 3.28. The second-order valence-electron chi connectivity index (χ2n) is 4.91. The minimum Gasteiger partial charge on any atom is -0.325 e. The van der Waals surface area contributed by atoms with E-state index in [0.717, 1.165) is 17.8 Å². The van der Waals surface area contributed by atoms with Gasteiger partial charge >= 0.3 is 0 Å². The lowest BCUT2D eigenvalue weighted by molar-refractivity contribution is -0.115. The Hall–Kier alpha value is -1.00. The van der Waals surface area contributed by atoms with Gasteiger partial charge in [-0.3, -0.25) is 4.79 Å². The Balaban J connectivity index is 1.72. The lowest BCUT2D eigenvalue weighted by Gasteiger charge is -2.13. The van der Waals surface area contributed by atoms with Crippen molar-refractivity contribution in [3.05, 3.63) is 29.8 Å². The fourth-order valence-corrected chi connectivity index (χ4v) is 2.68. The summed E-state index contributed by atoms with van der Waals surface area (Å²) < 4.78 is 0.406. The number of amides is 1. The average Bonchev–Trinajstić information content (AvgIpc) is 3.10. The van der Waals surface area contributed by atoms with Gasteiger partial charge in [-0.2, -0.15) is 11.8 Å². The summed E-state index contributed by atoms with van der Waals surface area (Å²) in [6.45, 7) is 3.33. The van der Waals surface area contributed by atoms with Crippen LogP contribution >= 0.6 is 11.8 Å². The Morgan fingerprint density at radius 3 is 2.83 bits per heavy atom. The van der Waals surface area contributed by atoms with Crippen LogP contribution in [0.15, 0.2) is 24.3 Å². The number of carbonyl (C=O) groups is 1. The molecule has 0 aromatic heterocycles. The van der Waals surface area contributed by atoms with Gasteiger partial charge in [0.2, 0.25) is 5.91 Å². The first-order valence-electron chi connectivity index (χ1n) is 6.26. The second kappa shape index (κ2) is 5.76. The van der Waals surface area contributed by atoms with E-state index < -0.39 is 0 Å². The third-order valence-corrected chi connectivity index (χ3v) is 4.69. The molecule has 0 heterocycles. The maximum Gasteiger partial charge on any atom is 0.238 e. The van der Waals surface area contributed by atoms with E-state index in [4.69, 9.17) is 0 Å². The molecule has 0 unspecified atom stereocenters. The first kappa shape index (κ1) is 13.4. The number of aryl methyl sites for hydroxylation is 1. The van der Waals surface area contributed by atoms with Gasteiger partial charge in [-0.1, -0.05) is 12.1 Å². The summed E-state index contributed by atoms with van der Waals surface area (Å²) in [7, 11) is 0. The van der Waals surface area contributed by atoms with E-state index in [1.165, 1.54) is 12.8 Å². The zero-order valence-electron chi connectivity index (χ0n) is 11.0. The molecule has 98 valence electrons. The lowest BCUT2D eigenvalue weighted by atomic mass is 10.2. The number of benzene rings is 1. The highest BCUT2D eigenvalue weighted by atomic mass is 32.2. The number of carbonyl (C=O) groups excluding carboxylic acids is 1. The number of hydrogen-bond donors (Lipinski definition) is 2. The molecule has 1 fully saturated rings. The van der Waals surface area contributed by atoms with Crippen molar-refractivity contribution in [1.82, 2.24) is 5.32 Å². The molecular weight excluding hydrogens is 244 g/mol. The van der Waals surface area contributed by atoms with Crippen LogP contribution in [0, 0.1) is 6.92 Å². The minimum absolute atomic E-state index is 0.0255. The van der Waals surface area contributed by atoms with Crippen molar-refractivity contribution in [2.45, 2.75) is 24.5 Å². The highest BCUT2D eigenvalue weighted by Gasteiger charge is 2.41. The topological polar surface area (TPSA) is 41.1 Å². The molecule has 1 aromatic rings. The molecule has 0 spiro atoms. The summed E-state index contributed by atoms with van der Waals surface area (Å²) in [6, 6.07) is 7.85. The maximum absolute atomic E-state index is 11.7. The minimum atomic E-state index is 0.0255. The van der Waals surface area contributed by atoms with E-state index in [1.54, 1.807) is 0 Å². The van der Waals surface area contributed by atoms with E-state index in [2.05, 4.69) is 16.9 Å². The highest BCUT2D eigenvalue weighted by molar-refractivity contribution is 8.00. The number of thioether (sulfide) groups is 1. The molecule has 1 aliphatic rings. The van der Waals surface area contributed by atoms with Crippen LogP contribution in [0.4, 0.5) is 5.69 Å². The molecule has 1 aliphatic carbocycles. The maximum atomic E-state index is 11.7. The molecule has 4 heteroatoms. The van der Waals surface area contributed by atoms with Crippen LogP contribution in [0.25, 0.3) is 0 Å². The van der Waals surface area contributed by atoms with Gasteiger partial charge < -0.3 is 10.6 Å². The van der Waals surface area contributed by atoms with Crippen LogP contribution in [-0.4, -0.2) is 30.0 Å². The number of hydrogen-bond acceptors (Lipinski definition) is 3. The molecule has 1 saturated carbocycles. The summed E-state index contributed by atoms with van der Waals surface area (Å²) in [5.74, 6) is 0.0255. The van der Waals surface area contributed by atoms with E-state index in [0.29, 0.717) is 11.3 Å². The van der Waals surface area contributed by atoms with Crippen molar-refractivity contribution < 1.29 is 4.79 Å². The van der Waals surface area contributed by atoms with Crippen molar-refractivity contribution in [2.24, 2.45) is 0 Å². The molecule has 0 bridgehead atoms. The standard InChI is InChI=1S/C14H20N2OS/c1-11-4-3-5-12(8-11)16-13(17)9-15-10-14(18-2)6-7-14/h3-5,8,15H,6-7,9-10H2,1-2H3,(H,16,17). The monoisotopic (exact) mass is 264 g/mol. The Labute approximate surface area is 113 Å². The number of anilines is 1. The molecule has 1 amide bonds. The van der Waals surface area contributed by atoms with E-state index in [9.17, 15) is 4.79 Å². The highest BCUT2D eigenvalue weighted by Crippen LogP contribution is 2.46. The average molecular weight is 264 g/mol. The first-order chi connectivity index (χ1) is 8.63. The predicted octanol–water partition coefficient (Wildman–Crippen LogP) is 2.42. The van der Waals surface area contributed by atoms with Crippen LogP contribution < -0.4 is 10.6 Å². The van der Waals surface area contributed by atoms with Gasteiger partial charge in [-0.25, -0.2) is 0 Å². The molecular formula is C14H20N2OS. The SMILES string of the molecule is CSC1(CNCC(=O)Nc2cccc(C)c2)CC1. The lowest BCUT2D eigenvalue weighted by Crippen LogP contribution is -2.33. The van der Waals surface area contributed by atoms with Gasteiger partial charge in [0, 0.05) is 17.0 Å². The van der Waals surface area contributed by atoms with E-state index >= 15 is 0 Å². The number of rotatable bonds is 6. The summed E-state index contributed by atoms with van der Waals surface area (Å²) in [4.78, 5) is 11.7. The van der Waals surface area contributed by atoms with Crippen molar-refractivity contribution in [1.29, 1.82) is 0 Å². The molecule has 18 heavy (non-hydrogen) atoms. The molecule has 2 rings (SSSR count). The molecule has 1 aromatic carbocycles. The van der Waals surface area contributed by atoms with Crippen LogP contribution in [0.5, 0.6) is 0 Å². The Kier molecular flexibility index (Phi) is 4.30. The molecule has 0 atom stereocenters. The van der Waals surface area contributed by atoms with Gasteiger partial charge in [0.15, 0.2) is 0 Å². The first-order valence-corrected chi connectivity index (χ1v) is 7.48. The van der Waals surface area contributed by atoms with Gasteiger partial charge in [-0.05, 0) is 43.7 Å². The quantitative estimate of drug-likeness (QED) is 0.829. The van der Waals surface area contributed by atoms with Gasteiger partial charge in [-0.15, -0.1) is 0 Å². The van der Waals surface area contributed by atoms with Gasteiger partial charge in [0.1, 0.15) is 0 Å². The Bertz CT molecular complexity index is 430. The fraction of sp³-hybridized carbons (Fsp3) is 0.500. The fourth-order valence-electron chi connectivity index (χ4n) is 1.92. The van der Waals surface area contributed by atoms with Crippen LogP contribution in [-0.2, 0) is 4.79 Å². The largest absolute Gasteiger partial charge is 0.325 e. The molecule has 0 radical (unpaired) electrons. The van der Waals surface area contributed by atoms with Crippen LogP contribution in [0.2, 0.25) is 0 Å². The summed E-state index contributed by atoms with van der Waals surface area (Å²) in [5.41, 5.74) is 2.02. The zero-order valence-corrected chi connectivity index (χ0v) is 11.8. The molecule has 3 nitrogen and oxygen atoms in total. The second-order valence-corrected chi connectivity index (χ2v) is 6.18. The Morgan fingerprint density at radius 2 is 2.22 bits per heavy atom. The molecule has 0 aliphatic heterocycles. The Morgan fingerprint density at radius 1 is 1.44 bits per heavy atom. The van der Waals surface area contributed by atoms with Crippen molar-refractivity contribution in [3.63, 3.8) is 0 Å². The van der Waals surface area contributed by atoms with Crippen molar-refractivity contribution in [2.75, 3.05) is 24.7 Å². The van der Waals surface area contributed by atoms with Crippen molar-refractivity contribution in [3.8, 4) is 0 Å². The molecule has 0 saturated heterocycles. The van der Waals surface area contributed by atoms with Crippen LogP contribution in [0.3, 0.4) is 0 Å². The third kappa shape index (κ3) is 3.75. The zero-order chi connectivity index (χ0) is 13.0. The summed E-state index contributed by atoms with van der Waals surface area (Å²) in [5, 5.41) is 6.14. The smallest absolute Gasteiger partial charge is 0.238 e. The summed E-state index contributed by atoms with van der Waals surface area (Å²) >= 11 is 1.90. The van der Waals surface area contributed by atoms with Gasteiger partial charge in [0.25, 0.3) is 0 Å². The van der Waals surface area contributed by atoms with Crippen LogP contribution in [0.1, 0.15) is 18.4 Å². The number of nitrogens with one attached hydrogen (secondary N) is 2. The van der Waals surface area contributed by atoms with E-state index in [1.807, 2.05) is 43.0 Å². The normalized spacial score (nSPS) is 16.3. The predicted molar refractivity (Wildman–Crippen MR) is 78.2 cm³/mol. The van der Waals surface area contributed by atoms with Gasteiger partial charge in [0.05, 0.1) is 6.54 Å². The van der Waals surface area contributed by atoms with Crippen molar-refractivity contribution >= 4 is 23.4 Å². The summed E-state index contributed by atoms with van der Waals surface area (Å²) in [6.07, 6.45) is 4.67.